The highest BCUT2D eigenvalue weighted by Crippen LogP contribution is 2.35. The smallest absolute Gasteiger partial charge is 0.256 e. The van der Waals surface area contributed by atoms with Crippen molar-refractivity contribution in [1.82, 2.24) is 9.80 Å². The van der Waals surface area contributed by atoms with E-state index in [9.17, 15) is 14.4 Å². The summed E-state index contributed by atoms with van der Waals surface area (Å²) in [6, 6.07) is 3.29. The third-order valence-corrected chi connectivity index (χ3v) is 6.38. The molecule has 0 aliphatic carbocycles. The van der Waals surface area contributed by atoms with E-state index in [1.165, 1.54) is 14.2 Å². The molecule has 1 unspecified atom stereocenters. The van der Waals surface area contributed by atoms with Crippen LogP contribution in [-0.4, -0.2) is 67.9 Å². The summed E-state index contributed by atoms with van der Waals surface area (Å²) >= 11 is 0. The molecule has 3 amide bonds. The number of likely N-dealkylation sites (tertiary alicyclic amines) is 2. The molecule has 0 radical (unpaired) electrons. The van der Waals surface area contributed by atoms with Gasteiger partial charge in [-0.05, 0) is 38.2 Å². The number of anilines is 1. The molecule has 2 aliphatic heterocycles. The first-order valence-electron chi connectivity index (χ1n) is 11.8. The summed E-state index contributed by atoms with van der Waals surface area (Å²) in [5.41, 5.74) is 0.310. The molecule has 3 rings (SSSR count). The largest absolute Gasteiger partial charge is 0.493 e. The molecule has 1 N–H and O–H groups in total. The minimum Gasteiger partial charge on any atom is -0.493 e. The van der Waals surface area contributed by atoms with Gasteiger partial charge < -0.3 is 24.6 Å². The van der Waals surface area contributed by atoms with Crippen molar-refractivity contribution in [2.24, 2.45) is 11.3 Å². The summed E-state index contributed by atoms with van der Waals surface area (Å²) in [7, 11) is 3.04. The number of hydrogen-bond acceptors (Lipinski definition) is 5. The van der Waals surface area contributed by atoms with Crippen molar-refractivity contribution in [3.63, 3.8) is 0 Å². The standard InChI is InChI=1S/C25H37N3O5/c1-25(2,3)24(31)28-13-9-10-17(16-28)22(29)26-19-15-21(33-5)20(32-4)14-18(19)23(30)27-11-7-6-8-12-27/h14-15,17H,6-13,16H2,1-5H3,(H,26,29). The van der Waals surface area contributed by atoms with Gasteiger partial charge in [-0.1, -0.05) is 20.8 Å². The number of hydrogen-bond donors (Lipinski definition) is 1. The van der Waals surface area contributed by atoms with Crippen LogP contribution < -0.4 is 14.8 Å². The molecule has 2 heterocycles. The van der Waals surface area contributed by atoms with Gasteiger partial charge in [-0.25, -0.2) is 0 Å². The van der Waals surface area contributed by atoms with Crippen molar-refractivity contribution in [2.45, 2.75) is 52.9 Å². The Morgan fingerprint density at radius 1 is 0.909 bits per heavy atom. The second kappa shape index (κ2) is 10.4. The Labute approximate surface area is 196 Å². The number of carbonyl (C=O) groups is 3. The van der Waals surface area contributed by atoms with Crippen LogP contribution in [0.5, 0.6) is 11.5 Å². The predicted octanol–water partition coefficient (Wildman–Crippen LogP) is 3.55. The van der Waals surface area contributed by atoms with Crippen molar-refractivity contribution in [3.05, 3.63) is 17.7 Å². The average molecular weight is 460 g/mol. The maximum Gasteiger partial charge on any atom is 0.256 e. The number of rotatable bonds is 5. The van der Waals surface area contributed by atoms with Gasteiger partial charge in [0.1, 0.15) is 0 Å². The van der Waals surface area contributed by atoms with Crippen molar-refractivity contribution in [1.29, 1.82) is 0 Å². The number of nitrogens with one attached hydrogen (secondary N) is 1. The van der Waals surface area contributed by atoms with Gasteiger partial charge in [-0.15, -0.1) is 0 Å². The second-order valence-corrected chi connectivity index (χ2v) is 9.94. The molecule has 1 aromatic carbocycles. The number of benzene rings is 1. The number of methoxy groups -OCH3 is 2. The summed E-state index contributed by atoms with van der Waals surface area (Å²) < 4.78 is 10.8. The molecule has 182 valence electrons. The fraction of sp³-hybridized carbons (Fsp3) is 0.640. The lowest BCUT2D eigenvalue weighted by molar-refractivity contribution is -0.142. The van der Waals surface area contributed by atoms with Crippen LogP contribution in [0.1, 0.15) is 63.2 Å². The first kappa shape index (κ1) is 24.9. The van der Waals surface area contributed by atoms with Gasteiger partial charge in [0.15, 0.2) is 11.5 Å². The summed E-state index contributed by atoms with van der Waals surface area (Å²) in [5.74, 6) is 0.273. The maximum atomic E-state index is 13.3. The summed E-state index contributed by atoms with van der Waals surface area (Å²) in [4.78, 5) is 42.9. The molecular formula is C25H37N3O5. The molecule has 2 aliphatic rings. The van der Waals surface area contributed by atoms with Gasteiger partial charge in [-0.3, -0.25) is 14.4 Å². The monoisotopic (exact) mass is 459 g/mol. The molecule has 2 fully saturated rings. The lowest BCUT2D eigenvalue weighted by Gasteiger charge is -2.36. The molecule has 0 bridgehead atoms. The zero-order valence-electron chi connectivity index (χ0n) is 20.5. The van der Waals surface area contributed by atoms with Crippen LogP contribution in [0, 0.1) is 11.3 Å². The van der Waals surface area contributed by atoms with Crippen LogP contribution in [0.15, 0.2) is 12.1 Å². The van der Waals surface area contributed by atoms with Gasteiger partial charge in [-0.2, -0.15) is 0 Å². The van der Waals surface area contributed by atoms with E-state index in [-0.39, 0.29) is 23.6 Å². The van der Waals surface area contributed by atoms with E-state index in [4.69, 9.17) is 9.47 Å². The number of amides is 3. The van der Waals surface area contributed by atoms with Crippen LogP contribution in [0.2, 0.25) is 0 Å². The Morgan fingerprint density at radius 2 is 1.52 bits per heavy atom. The lowest BCUT2D eigenvalue weighted by Crippen LogP contribution is -2.47. The summed E-state index contributed by atoms with van der Waals surface area (Å²) in [5, 5.41) is 2.96. The van der Waals surface area contributed by atoms with Crippen LogP contribution in [0.25, 0.3) is 0 Å². The van der Waals surface area contributed by atoms with Gasteiger partial charge in [0.25, 0.3) is 5.91 Å². The third kappa shape index (κ3) is 5.78. The first-order chi connectivity index (χ1) is 15.7. The topological polar surface area (TPSA) is 88.2 Å². The van der Waals surface area contributed by atoms with Crippen molar-refractivity contribution in [3.8, 4) is 11.5 Å². The molecule has 8 heteroatoms. The number of nitrogens with zero attached hydrogens (tertiary/aromatic N) is 2. The van der Waals surface area contributed by atoms with E-state index in [1.54, 1.807) is 17.0 Å². The van der Waals surface area contributed by atoms with Crippen LogP contribution in [0.3, 0.4) is 0 Å². The Morgan fingerprint density at radius 3 is 2.12 bits per heavy atom. The predicted molar refractivity (Wildman–Crippen MR) is 127 cm³/mol. The summed E-state index contributed by atoms with van der Waals surface area (Å²) in [6.45, 7) is 8.11. The Balaban J connectivity index is 1.84. The normalized spacial score (nSPS) is 19.1. The molecule has 0 saturated carbocycles. The van der Waals surface area contributed by atoms with E-state index >= 15 is 0 Å². The Bertz CT molecular complexity index is 887. The molecular weight excluding hydrogens is 422 g/mol. The van der Waals surface area contributed by atoms with E-state index in [1.807, 2.05) is 25.7 Å². The molecule has 1 aromatic rings. The first-order valence-corrected chi connectivity index (χ1v) is 11.8. The zero-order chi connectivity index (χ0) is 24.2. The summed E-state index contributed by atoms with van der Waals surface area (Å²) in [6.07, 6.45) is 4.53. The zero-order valence-corrected chi connectivity index (χ0v) is 20.5. The van der Waals surface area contributed by atoms with Crippen molar-refractivity contribution in [2.75, 3.05) is 45.7 Å². The van der Waals surface area contributed by atoms with Crippen LogP contribution in [0.4, 0.5) is 5.69 Å². The average Bonchev–Trinajstić information content (AvgIpc) is 2.82. The van der Waals surface area contributed by atoms with E-state index in [0.717, 1.165) is 25.7 Å². The van der Waals surface area contributed by atoms with E-state index in [2.05, 4.69) is 5.32 Å². The molecule has 33 heavy (non-hydrogen) atoms. The molecule has 0 spiro atoms. The number of carbonyl (C=O) groups excluding carboxylic acids is 3. The van der Waals surface area contributed by atoms with Gasteiger partial charge in [0.2, 0.25) is 11.8 Å². The molecule has 0 aromatic heterocycles. The Kier molecular flexibility index (Phi) is 7.87. The van der Waals surface area contributed by atoms with E-state index in [0.29, 0.717) is 55.3 Å². The van der Waals surface area contributed by atoms with Crippen molar-refractivity contribution < 1.29 is 23.9 Å². The van der Waals surface area contributed by atoms with Crippen LogP contribution >= 0.6 is 0 Å². The third-order valence-electron chi connectivity index (χ3n) is 6.38. The number of piperidine rings is 2. The molecule has 1 atom stereocenters. The minimum atomic E-state index is -0.490. The molecule has 8 nitrogen and oxygen atoms in total. The minimum absolute atomic E-state index is 0.0482. The quantitative estimate of drug-likeness (QED) is 0.728. The van der Waals surface area contributed by atoms with Crippen molar-refractivity contribution >= 4 is 23.4 Å². The van der Waals surface area contributed by atoms with E-state index < -0.39 is 5.41 Å². The van der Waals surface area contributed by atoms with Gasteiger partial charge >= 0.3 is 0 Å². The fourth-order valence-corrected chi connectivity index (χ4v) is 4.51. The molecule has 2 saturated heterocycles. The highest BCUT2D eigenvalue weighted by molar-refractivity contribution is 6.05. The highest BCUT2D eigenvalue weighted by Gasteiger charge is 2.34. The number of ether oxygens (including phenoxy) is 2. The highest BCUT2D eigenvalue weighted by atomic mass is 16.5. The SMILES string of the molecule is COc1cc(NC(=O)C2CCCN(C(=O)C(C)(C)C)C2)c(C(=O)N2CCCCC2)cc1OC. The maximum absolute atomic E-state index is 13.3. The second-order valence-electron chi connectivity index (χ2n) is 9.94. The fourth-order valence-electron chi connectivity index (χ4n) is 4.51. The van der Waals surface area contributed by atoms with Gasteiger partial charge in [0.05, 0.1) is 31.4 Å². The van der Waals surface area contributed by atoms with Crippen LogP contribution in [-0.2, 0) is 9.59 Å². The lowest BCUT2D eigenvalue weighted by atomic mass is 9.91. The Hall–Kier alpha value is -2.77. The van der Waals surface area contributed by atoms with Gasteiger partial charge in [0, 0.05) is 37.7 Å².